The van der Waals surface area contributed by atoms with Crippen molar-refractivity contribution in [3.05, 3.63) is 29.3 Å². The second-order valence-electron chi connectivity index (χ2n) is 6.36. The molecule has 1 saturated heterocycles. The van der Waals surface area contributed by atoms with Gasteiger partial charge in [0, 0.05) is 43.4 Å². The minimum Gasteiger partial charge on any atom is -0.369 e. The van der Waals surface area contributed by atoms with Crippen molar-refractivity contribution in [2.24, 2.45) is 5.92 Å². The van der Waals surface area contributed by atoms with E-state index in [0.29, 0.717) is 0 Å². The van der Waals surface area contributed by atoms with Crippen LogP contribution in [0, 0.1) is 5.92 Å². The molecular formula is C17H24ClN3O. The van der Waals surface area contributed by atoms with Gasteiger partial charge in [-0.25, -0.2) is 0 Å². The van der Waals surface area contributed by atoms with E-state index in [9.17, 15) is 4.79 Å². The van der Waals surface area contributed by atoms with Crippen LogP contribution in [0.1, 0.15) is 19.8 Å². The normalized spacial score (nSPS) is 20.7. The monoisotopic (exact) mass is 321 g/mol. The molecule has 1 aliphatic heterocycles. The number of benzene rings is 1. The van der Waals surface area contributed by atoms with Crippen molar-refractivity contribution in [2.45, 2.75) is 25.8 Å². The zero-order chi connectivity index (χ0) is 15.5. The Morgan fingerprint density at radius 2 is 1.86 bits per heavy atom. The van der Waals surface area contributed by atoms with Crippen LogP contribution in [0.25, 0.3) is 0 Å². The number of nitrogens with zero attached hydrogens (tertiary/aromatic N) is 2. The van der Waals surface area contributed by atoms with E-state index in [0.717, 1.165) is 43.7 Å². The Morgan fingerprint density at radius 1 is 1.23 bits per heavy atom. The van der Waals surface area contributed by atoms with E-state index in [1.165, 1.54) is 18.5 Å². The van der Waals surface area contributed by atoms with E-state index >= 15 is 0 Å². The van der Waals surface area contributed by atoms with Crippen molar-refractivity contribution in [3.63, 3.8) is 0 Å². The van der Waals surface area contributed by atoms with Gasteiger partial charge in [0.15, 0.2) is 0 Å². The highest BCUT2D eigenvalue weighted by molar-refractivity contribution is 6.30. The van der Waals surface area contributed by atoms with Gasteiger partial charge in [0.25, 0.3) is 0 Å². The summed E-state index contributed by atoms with van der Waals surface area (Å²) in [4.78, 5) is 16.8. The van der Waals surface area contributed by atoms with Crippen LogP contribution in [0.15, 0.2) is 24.3 Å². The molecule has 1 aromatic carbocycles. The van der Waals surface area contributed by atoms with Crippen LogP contribution in [0.4, 0.5) is 5.69 Å². The quantitative estimate of drug-likeness (QED) is 0.904. The highest BCUT2D eigenvalue weighted by Crippen LogP contribution is 2.27. The number of carbonyl (C=O) groups is 1. The van der Waals surface area contributed by atoms with E-state index in [4.69, 9.17) is 11.6 Å². The Bertz CT molecular complexity index is 507. The molecule has 1 saturated carbocycles. The molecule has 5 heteroatoms. The summed E-state index contributed by atoms with van der Waals surface area (Å²) in [5.74, 6) is 0.907. The SMILES string of the molecule is C[C@H](C(=O)NCC1CC1)N1CCN(c2ccc(Cl)cc2)CC1. The molecule has 0 bridgehead atoms. The maximum Gasteiger partial charge on any atom is 0.237 e. The molecule has 4 nitrogen and oxygen atoms in total. The summed E-state index contributed by atoms with van der Waals surface area (Å²) >= 11 is 5.94. The zero-order valence-corrected chi connectivity index (χ0v) is 13.9. The summed E-state index contributed by atoms with van der Waals surface area (Å²) in [7, 11) is 0. The average molecular weight is 322 g/mol. The Morgan fingerprint density at radius 3 is 2.45 bits per heavy atom. The predicted molar refractivity (Wildman–Crippen MR) is 90.4 cm³/mol. The number of nitrogens with one attached hydrogen (secondary N) is 1. The number of hydrogen-bond acceptors (Lipinski definition) is 3. The number of rotatable bonds is 5. The molecule has 3 rings (SSSR count). The lowest BCUT2D eigenvalue weighted by molar-refractivity contribution is -0.126. The van der Waals surface area contributed by atoms with Gasteiger partial charge in [-0.05, 0) is 49.9 Å². The second kappa shape index (κ2) is 6.88. The van der Waals surface area contributed by atoms with Crippen LogP contribution in [-0.4, -0.2) is 49.6 Å². The fourth-order valence-corrected chi connectivity index (χ4v) is 3.03. The van der Waals surface area contributed by atoms with E-state index in [1.807, 2.05) is 19.1 Å². The molecule has 1 amide bonds. The molecule has 2 fully saturated rings. The minimum absolute atomic E-state index is 0.0360. The molecule has 0 radical (unpaired) electrons. The van der Waals surface area contributed by atoms with Crippen LogP contribution >= 0.6 is 11.6 Å². The van der Waals surface area contributed by atoms with Crippen molar-refractivity contribution in [1.82, 2.24) is 10.2 Å². The van der Waals surface area contributed by atoms with Gasteiger partial charge in [-0.15, -0.1) is 0 Å². The van der Waals surface area contributed by atoms with Crippen LogP contribution in [0.5, 0.6) is 0 Å². The van der Waals surface area contributed by atoms with Gasteiger partial charge >= 0.3 is 0 Å². The van der Waals surface area contributed by atoms with Gasteiger partial charge in [-0.3, -0.25) is 9.69 Å². The molecule has 1 aliphatic carbocycles. The molecule has 1 atom stereocenters. The molecule has 1 aromatic rings. The number of amides is 1. The topological polar surface area (TPSA) is 35.6 Å². The number of halogens is 1. The second-order valence-corrected chi connectivity index (χ2v) is 6.80. The molecule has 0 unspecified atom stereocenters. The molecular weight excluding hydrogens is 298 g/mol. The van der Waals surface area contributed by atoms with Crippen molar-refractivity contribution < 1.29 is 4.79 Å². The summed E-state index contributed by atoms with van der Waals surface area (Å²) < 4.78 is 0. The Labute approximate surface area is 137 Å². The Hall–Kier alpha value is -1.26. The fraction of sp³-hybridized carbons (Fsp3) is 0.588. The van der Waals surface area contributed by atoms with Crippen LogP contribution in [0.3, 0.4) is 0 Å². The van der Waals surface area contributed by atoms with E-state index < -0.39 is 0 Å². The van der Waals surface area contributed by atoms with Gasteiger partial charge in [0.05, 0.1) is 6.04 Å². The molecule has 1 N–H and O–H groups in total. The van der Waals surface area contributed by atoms with Gasteiger partial charge in [0.1, 0.15) is 0 Å². The lowest BCUT2D eigenvalue weighted by Gasteiger charge is -2.38. The molecule has 1 heterocycles. The van der Waals surface area contributed by atoms with Gasteiger partial charge in [-0.2, -0.15) is 0 Å². The number of anilines is 1. The largest absolute Gasteiger partial charge is 0.369 e. The average Bonchev–Trinajstić information content (AvgIpc) is 3.37. The highest BCUT2D eigenvalue weighted by Gasteiger charge is 2.27. The van der Waals surface area contributed by atoms with Crippen LogP contribution in [-0.2, 0) is 4.79 Å². The third kappa shape index (κ3) is 3.93. The summed E-state index contributed by atoms with van der Waals surface area (Å²) in [6, 6.07) is 7.94. The summed E-state index contributed by atoms with van der Waals surface area (Å²) in [6.45, 7) is 6.60. The van der Waals surface area contributed by atoms with Crippen LogP contribution in [0.2, 0.25) is 5.02 Å². The van der Waals surface area contributed by atoms with Gasteiger partial charge < -0.3 is 10.2 Å². The van der Waals surface area contributed by atoms with E-state index in [-0.39, 0.29) is 11.9 Å². The van der Waals surface area contributed by atoms with Crippen LogP contribution < -0.4 is 10.2 Å². The maximum atomic E-state index is 12.2. The number of hydrogen-bond donors (Lipinski definition) is 1. The number of carbonyl (C=O) groups excluding carboxylic acids is 1. The van der Waals surface area contributed by atoms with Gasteiger partial charge in [0.2, 0.25) is 5.91 Å². The third-order valence-electron chi connectivity index (χ3n) is 4.70. The lowest BCUT2D eigenvalue weighted by Crippen LogP contribution is -2.54. The van der Waals surface area contributed by atoms with Crippen molar-refractivity contribution in [2.75, 3.05) is 37.6 Å². The summed E-state index contributed by atoms with van der Waals surface area (Å²) in [5, 5.41) is 3.85. The number of piperazine rings is 1. The van der Waals surface area contributed by atoms with E-state index in [1.54, 1.807) is 0 Å². The van der Waals surface area contributed by atoms with E-state index in [2.05, 4.69) is 27.2 Å². The first-order valence-electron chi connectivity index (χ1n) is 8.16. The Balaban J connectivity index is 1.47. The molecule has 120 valence electrons. The zero-order valence-electron chi connectivity index (χ0n) is 13.1. The first-order chi connectivity index (χ1) is 10.6. The molecule has 0 aromatic heterocycles. The molecule has 0 spiro atoms. The summed E-state index contributed by atoms with van der Waals surface area (Å²) in [5.41, 5.74) is 1.20. The van der Waals surface area contributed by atoms with Gasteiger partial charge in [-0.1, -0.05) is 11.6 Å². The summed E-state index contributed by atoms with van der Waals surface area (Å²) in [6.07, 6.45) is 2.54. The molecule has 2 aliphatic rings. The maximum absolute atomic E-state index is 12.2. The highest BCUT2D eigenvalue weighted by atomic mass is 35.5. The van der Waals surface area contributed by atoms with Crippen molar-refractivity contribution in [1.29, 1.82) is 0 Å². The van der Waals surface area contributed by atoms with Crippen molar-refractivity contribution >= 4 is 23.2 Å². The van der Waals surface area contributed by atoms with Crippen molar-refractivity contribution in [3.8, 4) is 0 Å². The fourth-order valence-electron chi connectivity index (χ4n) is 2.90. The molecule has 22 heavy (non-hydrogen) atoms. The first-order valence-corrected chi connectivity index (χ1v) is 8.53. The first kappa shape index (κ1) is 15.6. The predicted octanol–water partition coefficient (Wildman–Crippen LogP) is 2.38. The minimum atomic E-state index is -0.0360. The third-order valence-corrected chi connectivity index (χ3v) is 4.95. The Kier molecular flexibility index (Phi) is 4.89. The smallest absolute Gasteiger partial charge is 0.237 e. The standard InChI is InChI=1S/C17H24ClN3O/c1-13(17(22)19-12-14-2-3-14)20-8-10-21(11-9-20)16-6-4-15(18)5-7-16/h4-7,13-14H,2-3,8-12H2,1H3,(H,19,22)/t13-/m1/s1. The lowest BCUT2D eigenvalue weighted by atomic mass is 10.2.